The van der Waals surface area contributed by atoms with E-state index in [0.29, 0.717) is 19.5 Å². The molecule has 1 heterocycles. The zero-order valence-electron chi connectivity index (χ0n) is 13.6. The van der Waals surface area contributed by atoms with Crippen molar-refractivity contribution in [2.24, 2.45) is 7.05 Å². The van der Waals surface area contributed by atoms with Crippen LogP contribution in [0.3, 0.4) is 0 Å². The maximum Gasteiger partial charge on any atom is 0.317 e. The van der Waals surface area contributed by atoms with Gasteiger partial charge in [0, 0.05) is 43.8 Å². The molecule has 1 aromatic heterocycles. The number of urea groups is 1. The largest absolute Gasteiger partial charge is 0.338 e. The van der Waals surface area contributed by atoms with Gasteiger partial charge in [0.25, 0.3) is 0 Å². The molecule has 0 aliphatic rings. The molecule has 1 N–H and O–H groups in total. The number of benzene rings is 1. The SMILES string of the molecule is CCN(CCSc1ccccc1)C(=O)NCCc1nncn1C. The average Bonchev–Trinajstić information content (AvgIpc) is 2.98. The number of aromatic nitrogens is 3. The third-order valence-corrected chi connectivity index (χ3v) is 4.46. The molecule has 7 heteroatoms. The number of hydrogen-bond acceptors (Lipinski definition) is 4. The predicted molar refractivity (Wildman–Crippen MR) is 92.5 cm³/mol. The van der Waals surface area contributed by atoms with Crippen LogP contribution in [-0.4, -0.2) is 51.1 Å². The molecule has 0 saturated heterocycles. The van der Waals surface area contributed by atoms with Gasteiger partial charge in [-0.1, -0.05) is 18.2 Å². The highest BCUT2D eigenvalue weighted by Gasteiger charge is 2.11. The van der Waals surface area contributed by atoms with E-state index in [9.17, 15) is 4.79 Å². The Bertz CT molecular complexity index is 602. The number of rotatable bonds is 8. The standard InChI is InChI=1S/C16H23N5OS/c1-3-21(11-12-23-14-7-5-4-6-8-14)16(22)17-10-9-15-19-18-13-20(15)2/h4-8,13H,3,9-12H2,1-2H3,(H,17,22). The first-order chi connectivity index (χ1) is 11.2. The smallest absolute Gasteiger partial charge is 0.317 e. The van der Waals surface area contributed by atoms with Crippen LogP contribution in [0.5, 0.6) is 0 Å². The Morgan fingerprint density at radius 3 is 2.78 bits per heavy atom. The lowest BCUT2D eigenvalue weighted by Gasteiger charge is -2.21. The van der Waals surface area contributed by atoms with Crippen molar-refractivity contribution in [1.82, 2.24) is 25.0 Å². The van der Waals surface area contributed by atoms with Crippen LogP contribution in [0.2, 0.25) is 0 Å². The second kappa shape index (κ2) is 9.19. The van der Waals surface area contributed by atoms with E-state index < -0.39 is 0 Å². The first kappa shape index (κ1) is 17.3. The van der Waals surface area contributed by atoms with Crippen molar-refractivity contribution < 1.29 is 4.79 Å². The molecule has 2 rings (SSSR count). The summed E-state index contributed by atoms with van der Waals surface area (Å²) < 4.78 is 1.86. The minimum Gasteiger partial charge on any atom is -0.338 e. The molecular weight excluding hydrogens is 310 g/mol. The fourth-order valence-corrected chi connectivity index (χ4v) is 3.02. The molecular formula is C16H23N5OS. The molecule has 6 nitrogen and oxygen atoms in total. The summed E-state index contributed by atoms with van der Waals surface area (Å²) in [5.41, 5.74) is 0. The number of carbonyl (C=O) groups is 1. The third kappa shape index (κ3) is 5.59. The quantitative estimate of drug-likeness (QED) is 0.752. The number of amides is 2. The summed E-state index contributed by atoms with van der Waals surface area (Å²) in [7, 11) is 1.90. The fourth-order valence-electron chi connectivity index (χ4n) is 2.12. The van der Waals surface area contributed by atoms with Gasteiger partial charge < -0.3 is 14.8 Å². The number of hydrogen-bond donors (Lipinski definition) is 1. The third-order valence-electron chi connectivity index (χ3n) is 3.47. The van der Waals surface area contributed by atoms with E-state index in [1.807, 2.05) is 41.6 Å². The molecule has 2 aromatic rings. The van der Waals surface area contributed by atoms with Crippen LogP contribution in [0.4, 0.5) is 4.79 Å². The summed E-state index contributed by atoms with van der Waals surface area (Å²) >= 11 is 1.76. The number of nitrogens with one attached hydrogen (secondary N) is 1. The number of thioether (sulfide) groups is 1. The number of aryl methyl sites for hydroxylation is 1. The zero-order valence-corrected chi connectivity index (χ0v) is 14.4. The summed E-state index contributed by atoms with van der Waals surface area (Å²) in [6.07, 6.45) is 2.34. The van der Waals surface area contributed by atoms with Crippen LogP contribution >= 0.6 is 11.8 Å². The number of carbonyl (C=O) groups excluding carboxylic acids is 1. The van der Waals surface area contributed by atoms with Gasteiger partial charge in [0.1, 0.15) is 12.2 Å². The van der Waals surface area contributed by atoms with Crippen LogP contribution in [-0.2, 0) is 13.5 Å². The minimum absolute atomic E-state index is 0.0247. The Morgan fingerprint density at radius 2 is 2.13 bits per heavy atom. The van der Waals surface area contributed by atoms with Gasteiger partial charge in [-0.15, -0.1) is 22.0 Å². The summed E-state index contributed by atoms with van der Waals surface area (Å²) in [5.74, 6) is 1.75. The van der Waals surface area contributed by atoms with E-state index in [1.54, 1.807) is 18.1 Å². The molecule has 0 bridgehead atoms. The molecule has 0 fully saturated rings. The Hall–Kier alpha value is -2.02. The Balaban J connectivity index is 1.69. The summed E-state index contributed by atoms with van der Waals surface area (Å²) in [6, 6.07) is 10.2. The van der Waals surface area contributed by atoms with Crippen LogP contribution in [0.15, 0.2) is 41.6 Å². The molecule has 0 spiro atoms. The van der Waals surface area contributed by atoms with Gasteiger partial charge in [-0.3, -0.25) is 0 Å². The van der Waals surface area contributed by atoms with Gasteiger partial charge in [0.2, 0.25) is 0 Å². The molecule has 1 aromatic carbocycles. The van der Waals surface area contributed by atoms with Gasteiger partial charge in [0.15, 0.2) is 0 Å². The van der Waals surface area contributed by atoms with Crippen molar-refractivity contribution >= 4 is 17.8 Å². The second-order valence-electron chi connectivity index (χ2n) is 5.08. The monoisotopic (exact) mass is 333 g/mol. The molecule has 0 atom stereocenters. The van der Waals surface area contributed by atoms with E-state index in [4.69, 9.17) is 0 Å². The Labute approximate surface area is 141 Å². The predicted octanol–water partition coefficient (Wildman–Crippen LogP) is 2.18. The average molecular weight is 333 g/mol. The van der Waals surface area contributed by atoms with Gasteiger partial charge in [-0.05, 0) is 19.1 Å². The van der Waals surface area contributed by atoms with Gasteiger partial charge in [-0.25, -0.2) is 4.79 Å². The van der Waals surface area contributed by atoms with E-state index >= 15 is 0 Å². The van der Waals surface area contributed by atoms with Crippen molar-refractivity contribution in [2.75, 3.05) is 25.4 Å². The highest BCUT2D eigenvalue weighted by atomic mass is 32.2. The number of nitrogens with zero attached hydrogens (tertiary/aromatic N) is 4. The van der Waals surface area contributed by atoms with E-state index in [0.717, 1.165) is 18.1 Å². The van der Waals surface area contributed by atoms with Crippen molar-refractivity contribution in [2.45, 2.75) is 18.2 Å². The molecule has 0 radical (unpaired) electrons. The topological polar surface area (TPSA) is 63.1 Å². The van der Waals surface area contributed by atoms with Crippen LogP contribution < -0.4 is 5.32 Å². The lowest BCUT2D eigenvalue weighted by Crippen LogP contribution is -2.41. The van der Waals surface area contributed by atoms with Crippen LogP contribution in [0.1, 0.15) is 12.7 Å². The minimum atomic E-state index is -0.0247. The molecule has 23 heavy (non-hydrogen) atoms. The summed E-state index contributed by atoms with van der Waals surface area (Å²) in [4.78, 5) is 15.2. The summed E-state index contributed by atoms with van der Waals surface area (Å²) in [5, 5.41) is 10.8. The van der Waals surface area contributed by atoms with E-state index in [2.05, 4.69) is 27.6 Å². The van der Waals surface area contributed by atoms with Gasteiger partial charge >= 0.3 is 6.03 Å². The lowest BCUT2D eigenvalue weighted by atomic mass is 10.4. The molecule has 0 unspecified atom stereocenters. The Kier molecular flexibility index (Phi) is 6.93. The first-order valence-corrected chi connectivity index (χ1v) is 8.72. The maximum atomic E-state index is 12.2. The lowest BCUT2D eigenvalue weighted by molar-refractivity contribution is 0.204. The highest BCUT2D eigenvalue weighted by Crippen LogP contribution is 2.16. The highest BCUT2D eigenvalue weighted by molar-refractivity contribution is 7.99. The van der Waals surface area contributed by atoms with Crippen LogP contribution in [0, 0.1) is 0 Å². The first-order valence-electron chi connectivity index (χ1n) is 7.74. The van der Waals surface area contributed by atoms with Crippen molar-refractivity contribution in [1.29, 1.82) is 0 Å². The summed E-state index contributed by atoms with van der Waals surface area (Å²) in [6.45, 7) is 3.99. The molecule has 0 saturated carbocycles. The van der Waals surface area contributed by atoms with Crippen LogP contribution in [0.25, 0.3) is 0 Å². The van der Waals surface area contributed by atoms with Gasteiger partial charge in [0.05, 0.1) is 0 Å². The van der Waals surface area contributed by atoms with Crippen molar-refractivity contribution in [3.63, 3.8) is 0 Å². The zero-order chi connectivity index (χ0) is 16.5. The molecule has 0 aliphatic heterocycles. The normalized spacial score (nSPS) is 10.5. The Morgan fingerprint density at radius 1 is 1.35 bits per heavy atom. The fraction of sp³-hybridized carbons (Fsp3) is 0.438. The van der Waals surface area contributed by atoms with Crippen molar-refractivity contribution in [3.8, 4) is 0 Å². The van der Waals surface area contributed by atoms with E-state index in [-0.39, 0.29) is 6.03 Å². The van der Waals surface area contributed by atoms with Gasteiger partial charge in [-0.2, -0.15) is 0 Å². The van der Waals surface area contributed by atoms with Crippen molar-refractivity contribution in [3.05, 3.63) is 42.5 Å². The molecule has 0 aliphatic carbocycles. The molecule has 124 valence electrons. The second-order valence-corrected chi connectivity index (χ2v) is 6.25. The maximum absolute atomic E-state index is 12.2. The van der Waals surface area contributed by atoms with E-state index in [1.165, 1.54) is 4.90 Å². The molecule has 2 amide bonds.